The summed E-state index contributed by atoms with van der Waals surface area (Å²) in [7, 11) is 0. The summed E-state index contributed by atoms with van der Waals surface area (Å²) in [5.74, 6) is 1.20. The number of allylic oxidation sites excluding steroid dienone is 2. The van der Waals surface area contributed by atoms with Gasteiger partial charge in [0, 0.05) is 50.9 Å². The minimum atomic E-state index is -0.399. The van der Waals surface area contributed by atoms with Crippen LogP contribution in [0, 0.1) is 10.3 Å². The molecule has 36 heavy (non-hydrogen) atoms. The topological polar surface area (TPSA) is 114 Å². The van der Waals surface area contributed by atoms with Gasteiger partial charge in [0.1, 0.15) is 34.5 Å². The van der Waals surface area contributed by atoms with Crippen LogP contribution in [0.15, 0.2) is 81.4 Å². The third-order valence-corrected chi connectivity index (χ3v) is 7.86. The number of aromatic nitrogens is 1. The summed E-state index contributed by atoms with van der Waals surface area (Å²) < 4.78 is 5.50. The molecule has 1 atom stereocenters. The highest BCUT2D eigenvalue weighted by Crippen LogP contribution is 2.39. The summed E-state index contributed by atoms with van der Waals surface area (Å²) in [4.78, 5) is 19.6. The number of benzene rings is 2. The van der Waals surface area contributed by atoms with Crippen molar-refractivity contribution in [2.75, 3.05) is 13.2 Å². The van der Waals surface area contributed by atoms with E-state index >= 15 is 0 Å². The van der Waals surface area contributed by atoms with Crippen LogP contribution in [0.25, 0.3) is 16.1 Å². The first-order valence-corrected chi connectivity index (χ1v) is 13.5. The normalized spacial score (nSPS) is 16.7. The van der Waals surface area contributed by atoms with Crippen molar-refractivity contribution in [3.8, 4) is 16.3 Å². The number of halogens is 2. The lowest BCUT2D eigenvalue weighted by Crippen LogP contribution is -2.19. The van der Waals surface area contributed by atoms with Crippen LogP contribution in [0.3, 0.4) is 0 Å². The Morgan fingerprint density at radius 2 is 1.86 bits per heavy atom. The molecule has 0 aliphatic carbocycles. The quantitative estimate of drug-likeness (QED) is 0.162. The van der Waals surface area contributed by atoms with Crippen molar-refractivity contribution in [1.82, 2.24) is 4.98 Å². The highest BCUT2D eigenvalue weighted by Gasteiger charge is 2.28. The van der Waals surface area contributed by atoms with Gasteiger partial charge in [0.05, 0.1) is 5.69 Å². The van der Waals surface area contributed by atoms with E-state index in [2.05, 4.69) is 10.2 Å². The van der Waals surface area contributed by atoms with Gasteiger partial charge in [-0.1, -0.05) is 52.6 Å². The zero-order valence-electron chi connectivity index (χ0n) is 18.9. The fraction of sp³-hybridized carbons (Fsp3) is 0.160. The minimum absolute atomic E-state index is 0.0794. The van der Waals surface area contributed by atoms with Crippen LogP contribution in [0.1, 0.15) is 11.3 Å². The van der Waals surface area contributed by atoms with E-state index in [-0.39, 0.29) is 18.3 Å². The first kappa shape index (κ1) is 26.1. The molecule has 1 unspecified atom stereocenters. The summed E-state index contributed by atoms with van der Waals surface area (Å²) in [5, 5.41) is 14.4. The Bertz CT molecular complexity index is 1340. The number of nitroso groups, excluding NO2 is 1. The number of nitrogens with zero attached hydrogens (tertiary/aromatic N) is 3. The molecule has 11 heteroatoms. The molecule has 2 aromatic carbocycles. The van der Waals surface area contributed by atoms with Gasteiger partial charge in [-0.3, -0.25) is 4.99 Å². The zero-order valence-corrected chi connectivity index (χ0v) is 22.0. The summed E-state index contributed by atoms with van der Waals surface area (Å²) in [6, 6.07) is 14.9. The Labute approximate surface area is 226 Å². The average molecular weight is 559 g/mol. The highest BCUT2D eigenvalue weighted by atomic mass is 35.5. The van der Waals surface area contributed by atoms with Crippen LogP contribution in [0.5, 0.6) is 5.75 Å². The van der Waals surface area contributed by atoms with E-state index in [4.69, 9.17) is 44.1 Å². The zero-order chi connectivity index (χ0) is 25.5. The van der Waals surface area contributed by atoms with Crippen molar-refractivity contribution in [2.24, 2.45) is 15.9 Å². The Morgan fingerprint density at radius 3 is 2.53 bits per heavy atom. The first-order chi connectivity index (χ1) is 17.5. The smallest absolute Gasteiger partial charge is 0.134 e. The average Bonchev–Trinajstić information content (AvgIpc) is 3.37. The van der Waals surface area contributed by atoms with Crippen molar-refractivity contribution in [3.63, 3.8) is 0 Å². The molecule has 0 fully saturated rings. The molecule has 184 valence electrons. The number of hydrogen-bond acceptors (Lipinski definition) is 9. The molecule has 0 spiro atoms. The summed E-state index contributed by atoms with van der Waals surface area (Å²) in [5.41, 5.74) is 10.6. The van der Waals surface area contributed by atoms with Crippen LogP contribution in [-0.4, -0.2) is 34.9 Å². The second kappa shape index (κ2) is 12.3. The van der Waals surface area contributed by atoms with Gasteiger partial charge < -0.3 is 15.9 Å². The fourth-order valence-corrected chi connectivity index (χ4v) is 5.94. The molecule has 7 nitrogen and oxygen atoms in total. The maximum Gasteiger partial charge on any atom is 0.134 e. The fourth-order valence-electron chi connectivity index (χ4n) is 3.55. The summed E-state index contributed by atoms with van der Waals surface area (Å²) in [6.07, 6.45) is 2.70. The van der Waals surface area contributed by atoms with E-state index in [0.717, 1.165) is 27.4 Å². The molecule has 0 saturated heterocycles. The summed E-state index contributed by atoms with van der Waals surface area (Å²) >= 11 is 15.6. The molecule has 0 bridgehead atoms. The van der Waals surface area contributed by atoms with Crippen molar-refractivity contribution in [3.05, 3.63) is 92.4 Å². The Kier molecular flexibility index (Phi) is 8.93. The second-order valence-electron chi connectivity index (χ2n) is 7.51. The Hall–Kier alpha value is -2.98. The van der Waals surface area contributed by atoms with E-state index < -0.39 is 5.37 Å². The first-order valence-electron chi connectivity index (χ1n) is 10.8. The number of ether oxygens (including phenoxy) is 1. The van der Waals surface area contributed by atoms with Gasteiger partial charge in [-0.15, -0.1) is 23.1 Å². The molecule has 0 amide bonds. The molecule has 1 aliphatic heterocycles. The molecule has 1 aliphatic rings. The lowest BCUT2D eigenvalue weighted by atomic mass is 9.92. The van der Waals surface area contributed by atoms with Gasteiger partial charge >= 0.3 is 0 Å². The van der Waals surface area contributed by atoms with Crippen molar-refractivity contribution in [1.29, 1.82) is 5.41 Å². The minimum Gasteiger partial charge on any atom is -0.492 e. The van der Waals surface area contributed by atoms with Crippen LogP contribution in [-0.2, 0) is 5.75 Å². The predicted octanol–water partition coefficient (Wildman–Crippen LogP) is 6.76. The van der Waals surface area contributed by atoms with Gasteiger partial charge in [-0.2, -0.15) is 4.91 Å². The van der Waals surface area contributed by atoms with Crippen LogP contribution in [0.4, 0.5) is 0 Å². The molecular formula is C25H21Cl2N5O2S2. The second-order valence-corrected chi connectivity index (χ2v) is 10.2. The third-order valence-electron chi connectivity index (χ3n) is 5.23. The Morgan fingerprint density at radius 1 is 1.14 bits per heavy atom. The molecule has 3 aromatic rings. The van der Waals surface area contributed by atoms with Crippen molar-refractivity contribution < 1.29 is 4.74 Å². The number of hydrogen-bond donors (Lipinski definition) is 2. The van der Waals surface area contributed by atoms with Crippen LogP contribution >= 0.6 is 46.3 Å². The largest absolute Gasteiger partial charge is 0.492 e. The van der Waals surface area contributed by atoms with Gasteiger partial charge in [0.2, 0.25) is 0 Å². The molecular weight excluding hydrogens is 537 g/mol. The monoisotopic (exact) mass is 557 g/mol. The lowest BCUT2D eigenvalue weighted by molar-refractivity contribution is 0.328. The number of rotatable bonds is 10. The number of thioether (sulfide) groups is 1. The van der Waals surface area contributed by atoms with Crippen molar-refractivity contribution in [2.45, 2.75) is 11.1 Å². The molecule has 1 aromatic heterocycles. The van der Waals surface area contributed by atoms with Gasteiger partial charge in [-0.05, 0) is 29.8 Å². The molecule has 4 rings (SSSR count). The van der Waals surface area contributed by atoms with E-state index in [0.29, 0.717) is 27.7 Å². The van der Waals surface area contributed by atoms with Gasteiger partial charge in [0.25, 0.3) is 0 Å². The lowest BCUT2D eigenvalue weighted by Gasteiger charge is -2.25. The number of nitrogens with one attached hydrogen (secondary N) is 1. The van der Waals surface area contributed by atoms with E-state index in [1.165, 1.54) is 24.2 Å². The van der Waals surface area contributed by atoms with Crippen LogP contribution in [0.2, 0.25) is 5.02 Å². The molecule has 2 heterocycles. The SMILES string of the molecule is N=CC1=C(c2ccc(OCCN=O)cc2)C(=CN)C(Cl)=NC1SCc1csc(-c2ccc(Cl)cc2)n1. The Balaban J connectivity index is 1.56. The number of dihydropyridines is 1. The summed E-state index contributed by atoms with van der Waals surface area (Å²) in [6.45, 7) is 0.287. The molecule has 0 saturated carbocycles. The standard InChI is InChI=1S/C25H21Cl2N5O2S2/c26-17-5-1-16(2-6-17)24-31-18(13-35-24)14-36-25-21(12-29)22(20(11-28)23(27)32-25)15-3-7-19(8-4-15)34-10-9-30-33/h1-8,11-13,25,29H,9-10,14,28H2. The number of thiazole rings is 1. The van der Waals surface area contributed by atoms with Crippen molar-refractivity contribution >= 4 is 63.3 Å². The third kappa shape index (κ3) is 6.04. The molecule has 3 N–H and O–H groups in total. The predicted molar refractivity (Wildman–Crippen MR) is 152 cm³/mol. The van der Waals surface area contributed by atoms with E-state index in [1.54, 1.807) is 23.5 Å². The maximum absolute atomic E-state index is 10.3. The number of aliphatic imine (C=N–C) groups is 1. The maximum atomic E-state index is 10.3. The highest BCUT2D eigenvalue weighted by molar-refractivity contribution is 7.99. The number of nitrogens with two attached hydrogens (primary N) is 1. The van der Waals surface area contributed by atoms with Gasteiger partial charge in [-0.25, -0.2) is 4.98 Å². The molecule has 0 radical (unpaired) electrons. The van der Waals surface area contributed by atoms with Gasteiger partial charge in [0.15, 0.2) is 0 Å². The van der Waals surface area contributed by atoms with Crippen LogP contribution < -0.4 is 10.5 Å². The van der Waals surface area contributed by atoms with E-state index in [9.17, 15) is 4.91 Å². The van der Waals surface area contributed by atoms with E-state index in [1.807, 2.05) is 41.8 Å².